The fourth-order valence-electron chi connectivity index (χ4n) is 4.87. The Labute approximate surface area is 191 Å². The summed E-state index contributed by atoms with van der Waals surface area (Å²) in [5.41, 5.74) is 7.78. The molecule has 0 spiro atoms. The summed E-state index contributed by atoms with van der Waals surface area (Å²) in [6, 6.07) is 18.3. The van der Waals surface area contributed by atoms with E-state index in [-0.39, 0.29) is 12.0 Å². The molecule has 4 aromatic heterocycles. The third-order valence-electron chi connectivity index (χ3n) is 6.49. The van der Waals surface area contributed by atoms with E-state index in [1.807, 2.05) is 49.5 Å². The lowest BCUT2D eigenvalue weighted by Gasteiger charge is -2.14. The van der Waals surface area contributed by atoms with Crippen LogP contribution in [-0.2, 0) is 12.8 Å². The number of aromatic nitrogens is 6. The Bertz CT molecular complexity index is 1450. The Morgan fingerprint density at radius 2 is 1.97 bits per heavy atom. The van der Waals surface area contributed by atoms with Gasteiger partial charge < -0.3 is 10.1 Å². The van der Waals surface area contributed by atoms with Crippen molar-refractivity contribution >= 4 is 5.65 Å². The Kier molecular flexibility index (Phi) is 4.77. The summed E-state index contributed by atoms with van der Waals surface area (Å²) in [6.07, 6.45) is 5.43. The van der Waals surface area contributed by atoms with E-state index in [9.17, 15) is 5.11 Å². The SMILES string of the molecule is Cc1cccc(-c2[nH]c(CC[C@H]3c4ccccc4C[C@@H]3O)nc2-c2ccc3ncnn3c2)n1. The van der Waals surface area contributed by atoms with Crippen LogP contribution in [0.25, 0.3) is 28.3 Å². The van der Waals surface area contributed by atoms with Gasteiger partial charge >= 0.3 is 0 Å². The molecule has 1 aliphatic carbocycles. The minimum Gasteiger partial charge on any atom is -0.392 e. The van der Waals surface area contributed by atoms with Gasteiger partial charge in [-0.05, 0) is 55.2 Å². The lowest BCUT2D eigenvalue weighted by molar-refractivity contribution is 0.152. The zero-order chi connectivity index (χ0) is 22.4. The number of pyridine rings is 2. The molecule has 2 atom stereocenters. The van der Waals surface area contributed by atoms with Crippen molar-refractivity contribution in [3.05, 3.63) is 89.8 Å². The van der Waals surface area contributed by atoms with Crippen molar-refractivity contribution in [3.8, 4) is 22.6 Å². The van der Waals surface area contributed by atoms with Gasteiger partial charge in [-0.3, -0.25) is 4.98 Å². The maximum Gasteiger partial charge on any atom is 0.155 e. The number of aryl methyl sites for hydroxylation is 2. The van der Waals surface area contributed by atoms with Crippen LogP contribution in [0.5, 0.6) is 0 Å². The summed E-state index contributed by atoms with van der Waals surface area (Å²) in [5, 5.41) is 14.9. The fourth-order valence-corrected chi connectivity index (χ4v) is 4.87. The van der Waals surface area contributed by atoms with Gasteiger partial charge in [-0.15, -0.1) is 0 Å². The highest BCUT2D eigenvalue weighted by molar-refractivity contribution is 5.77. The number of nitrogens with zero attached hydrogens (tertiary/aromatic N) is 5. The Morgan fingerprint density at radius 3 is 2.88 bits per heavy atom. The molecule has 7 heteroatoms. The number of rotatable bonds is 5. The van der Waals surface area contributed by atoms with Gasteiger partial charge in [0.05, 0.1) is 23.2 Å². The van der Waals surface area contributed by atoms with Crippen molar-refractivity contribution in [2.45, 2.75) is 38.2 Å². The average Bonchev–Trinajstić information content (AvgIpc) is 3.53. The third kappa shape index (κ3) is 3.60. The third-order valence-corrected chi connectivity index (χ3v) is 6.49. The molecular formula is C26H24N6O. The van der Waals surface area contributed by atoms with Gasteiger partial charge in [0.1, 0.15) is 12.2 Å². The first-order valence-electron chi connectivity index (χ1n) is 11.2. The second kappa shape index (κ2) is 7.94. The normalized spacial score (nSPS) is 17.5. The van der Waals surface area contributed by atoms with E-state index in [1.54, 1.807) is 10.8 Å². The molecule has 4 heterocycles. The van der Waals surface area contributed by atoms with Crippen LogP contribution in [0.3, 0.4) is 0 Å². The first-order chi connectivity index (χ1) is 16.2. The molecule has 0 radical (unpaired) electrons. The molecule has 164 valence electrons. The van der Waals surface area contributed by atoms with Crippen LogP contribution in [-0.4, -0.2) is 40.8 Å². The summed E-state index contributed by atoms with van der Waals surface area (Å²) in [6.45, 7) is 1.99. The topological polar surface area (TPSA) is 92.0 Å². The zero-order valence-corrected chi connectivity index (χ0v) is 18.3. The highest BCUT2D eigenvalue weighted by Crippen LogP contribution is 2.37. The number of aromatic amines is 1. The molecule has 7 nitrogen and oxygen atoms in total. The molecule has 0 bridgehead atoms. The van der Waals surface area contributed by atoms with E-state index in [4.69, 9.17) is 9.97 Å². The fraction of sp³-hybridized carbons (Fsp3) is 0.231. The molecule has 0 saturated carbocycles. The Balaban J connectivity index is 1.36. The molecule has 5 aromatic rings. The van der Waals surface area contributed by atoms with Gasteiger partial charge in [0, 0.05) is 29.8 Å². The summed E-state index contributed by atoms with van der Waals surface area (Å²) < 4.78 is 1.75. The number of fused-ring (bicyclic) bond motifs is 2. The summed E-state index contributed by atoms with van der Waals surface area (Å²) in [5.74, 6) is 1.01. The van der Waals surface area contributed by atoms with E-state index >= 15 is 0 Å². The van der Waals surface area contributed by atoms with Crippen LogP contribution in [0.4, 0.5) is 0 Å². The number of nitrogens with one attached hydrogen (secondary N) is 1. The number of aliphatic hydroxyl groups excluding tert-OH is 1. The van der Waals surface area contributed by atoms with Crippen LogP contribution in [0, 0.1) is 6.92 Å². The van der Waals surface area contributed by atoms with E-state index in [0.717, 1.165) is 59.1 Å². The molecule has 33 heavy (non-hydrogen) atoms. The first-order valence-corrected chi connectivity index (χ1v) is 11.2. The predicted octanol–water partition coefficient (Wildman–Crippen LogP) is 4.12. The largest absolute Gasteiger partial charge is 0.392 e. The second-order valence-electron chi connectivity index (χ2n) is 8.67. The first kappa shape index (κ1) is 19.8. The molecule has 0 unspecified atom stereocenters. The Hall–Kier alpha value is -3.84. The molecule has 1 aromatic carbocycles. The number of H-pyrrole nitrogens is 1. The van der Waals surface area contributed by atoms with Crippen LogP contribution in [0.15, 0.2) is 67.1 Å². The van der Waals surface area contributed by atoms with Crippen molar-refractivity contribution in [2.75, 3.05) is 0 Å². The molecule has 0 fully saturated rings. The van der Waals surface area contributed by atoms with Gasteiger partial charge in [-0.1, -0.05) is 30.3 Å². The summed E-state index contributed by atoms with van der Waals surface area (Å²) in [7, 11) is 0. The lowest BCUT2D eigenvalue weighted by atomic mass is 9.94. The minimum atomic E-state index is -0.343. The van der Waals surface area contributed by atoms with Crippen molar-refractivity contribution in [3.63, 3.8) is 0 Å². The summed E-state index contributed by atoms with van der Waals surface area (Å²) in [4.78, 5) is 17.5. The number of imidazole rings is 1. The van der Waals surface area contributed by atoms with E-state index in [1.165, 1.54) is 11.1 Å². The maximum atomic E-state index is 10.7. The van der Waals surface area contributed by atoms with Gasteiger partial charge in [-0.25, -0.2) is 14.5 Å². The van der Waals surface area contributed by atoms with Gasteiger partial charge in [-0.2, -0.15) is 5.10 Å². The second-order valence-corrected chi connectivity index (χ2v) is 8.67. The van der Waals surface area contributed by atoms with E-state index < -0.39 is 0 Å². The van der Waals surface area contributed by atoms with E-state index in [2.05, 4.69) is 33.3 Å². The van der Waals surface area contributed by atoms with Crippen LogP contribution in [0.2, 0.25) is 0 Å². The highest BCUT2D eigenvalue weighted by Gasteiger charge is 2.30. The van der Waals surface area contributed by atoms with Gasteiger partial charge in [0.15, 0.2) is 5.65 Å². The Morgan fingerprint density at radius 1 is 1.06 bits per heavy atom. The van der Waals surface area contributed by atoms with Crippen molar-refractivity contribution in [1.82, 2.24) is 29.5 Å². The standard InChI is InChI=1S/C26H24N6O/c1-16-5-4-8-21(29-16)26-25(18-9-12-24-27-15-28-32(24)14-18)30-23(31-26)11-10-20-19-7-3-2-6-17(19)13-22(20)33/h2-9,12,14-15,20,22,33H,10-11,13H2,1H3,(H,30,31)/t20-,22-/m0/s1. The molecule has 1 aliphatic rings. The molecule has 0 saturated heterocycles. The molecule has 0 aliphatic heterocycles. The van der Waals surface area contributed by atoms with Gasteiger partial charge in [0.2, 0.25) is 0 Å². The van der Waals surface area contributed by atoms with Crippen LogP contribution >= 0.6 is 0 Å². The number of hydrogen-bond acceptors (Lipinski definition) is 5. The minimum absolute atomic E-state index is 0.127. The molecular weight excluding hydrogens is 412 g/mol. The number of hydrogen-bond donors (Lipinski definition) is 2. The molecule has 6 rings (SSSR count). The molecule has 2 N–H and O–H groups in total. The summed E-state index contributed by atoms with van der Waals surface area (Å²) >= 11 is 0. The van der Waals surface area contributed by atoms with Gasteiger partial charge in [0.25, 0.3) is 0 Å². The van der Waals surface area contributed by atoms with Crippen molar-refractivity contribution in [1.29, 1.82) is 0 Å². The van der Waals surface area contributed by atoms with Crippen LogP contribution < -0.4 is 0 Å². The maximum absolute atomic E-state index is 10.7. The molecule has 0 amide bonds. The monoisotopic (exact) mass is 436 g/mol. The quantitative estimate of drug-likeness (QED) is 0.432. The number of aliphatic hydroxyl groups is 1. The smallest absolute Gasteiger partial charge is 0.155 e. The number of benzene rings is 1. The van der Waals surface area contributed by atoms with Crippen molar-refractivity contribution < 1.29 is 5.11 Å². The highest BCUT2D eigenvalue weighted by atomic mass is 16.3. The van der Waals surface area contributed by atoms with E-state index in [0.29, 0.717) is 0 Å². The average molecular weight is 437 g/mol. The predicted molar refractivity (Wildman–Crippen MR) is 126 cm³/mol. The van der Waals surface area contributed by atoms with Crippen molar-refractivity contribution in [2.24, 2.45) is 0 Å². The lowest BCUT2D eigenvalue weighted by Crippen LogP contribution is -2.14. The van der Waals surface area contributed by atoms with Crippen LogP contribution in [0.1, 0.15) is 35.0 Å². The zero-order valence-electron chi connectivity index (χ0n) is 18.3.